The van der Waals surface area contributed by atoms with Gasteiger partial charge < -0.3 is 4.90 Å². The van der Waals surface area contributed by atoms with Gasteiger partial charge in [0.2, 0.25) is 5.91 Å². The maximum Gasteiger partial charge on any atom is 0.281 e. The molecule has 0 bridgehead atoms. The summed E-state index contributed by atoms with van der Waals surface area (Å²) >= 11 is 0. The van der Waals surface area contributed by atoms with Gasteiger partial charge in [-0.3, -0.25) is 4.79 Å². The number of likely N-dealkylation sites (tertiary alicyclic amines) is 1. The lowest BCUT2D eigenvalue weighted by molar-refractivity contribution is -0.137. The highest BCUT2D eigenvalue weighted by molar-refractivity contribution is 7.86. The first-order chi connectivity index (χ1) is 12.9. The van der Waals surface area contributed by atoms with E-state index < -0.39 is 10.2 Å². The number of piperidine rings is 1. The summed E-state index contributed by atoms with van der Waals surface area (Å²) in [6.45, 7) is 2.50. The van der Waals surface area contributed by atoms with Gasteiger partial charge in [0.1, 0.15) is 0 Å². The summed E-state index contributed by atoms with van der Waals surface area (Å²) in [4.78, 5) is 15.2. The van der Waals surface area contributed by atoms with Gasteiger partial charge in [-0.2, -0.15) is 17.0 Å². The molecule has 2 saturated heterocycles. The maximum atomic E-state index is 13.2. The quantitative estimate of drug-likeness (QED) is 0.771. The van der Waals surface area contributed by atoms with Crippen LogP contribution < -0.4 is 0 Å². The molecule has 2 fully saturated rings. The SMILES string of the molecule is CN(C)S(=O)(=O)N1CCC(C2CCCCN(Cc3ccccc3)C2=O)CC1. The van der Waals surface area contributed by atoms with Crippen LogP contribution in [0.5, 0.6) is 0 Å². The van der Waals surface area contributed by atoms with E-state index in [1.807, 2.05) is 23.1 Å². The second-order valence-electron chi connectivity index (χ2n) is 7.87. The summed E-state index contributed by atoms with van der Waals surface area (Å²) in [6.07, 6.45) is 4.57. The molecule has 1 aromatic carbocycles. The van der Waals surface area contributed by atoms with Crippen molar-refractivity contribution in [1.29, 1.82) is 0 Å². The van der Waals surface area contributed by atoms with Crippen LogP contribution in [0, 0.1) is 11.8 Å². The minimum Gasteiger partial charge on any atom is -0.338 e. The fourth-order valence-electron chi connectivity index (χ4n) is 4.27. The van der Waals surface area contributed by atoms with Crippen LogP contribution in [0.15, 0.2) is 30.3 Å². The average Bonchev–Trinajstić information content (AvgIpc) is 2.84. The molecule has 2 aliphatic rings. The zero-order valence-electron chi connectivity index (χ0n) is 16.4. The molecule has 0 aliphatic carbocycles. The fraction of sp³-hybridized carbons (Fsp3) is 0.650. The van der Waals surface area contributed by atoms with E-state index in [2.05, 4.69) is 12.1 Å². The van der Waals surface area contributed by atoms with Gasteiger partial charge >= 0.3 is 0 Å². The summed E-state index contributed by atoms with van der Waals surface area (Å²) in [5, 5.41) is 0. The Morgan fingerprint density at radius 3 is 2.30 bits per heavy atom. The van der Waals surface area contributed by atoms with Gasteiger partial charge in [0.15, 0.2) is 0 Å². The van der Waals surface area contributed by atoms with Crippen LogP contribution in [0.3, 0.4) is 0 Å². The fourth-order valence-corrected chi connectivity index (χ4v) is 5.41. The van der Waals surface area contributed by atoms with E-state index >= 15 is 0 Å². The molecule has 1 atom stereocenters. The number of rotatable bonds is 5. The molecule has 150 valence electrons. The first-order valence-electron chi connectivity index (χ1n) is 9.90. The van der Waals surface area contributed by atoms with Crippen molar-refractivity contribution in [3.05, 3.63) is 35.9 Å². The van der Waals surface area contributed by atoms with E-state index in [-0.39, 0.29) is 17.7 Å². The summed E-state index contributed by atoms with van der Waals surface area (Å²) in [7, 11) is -0.221. The standard InChI is InChI=1S/C20H31N3O3S/c1-21(2)27(25,26)23-14-11-18(12-15-23)19-10-6-7-13-22(20(19)24)16-17-8-4-3-5-9-17/h3-5,8-9,18-19H,6-7,10-16H2,1-2H3. The Morgan fingerprint density at radius 1 is 1.00 bits per heavy atom. The topological polar surface area (TPSA) is 60.9 Å². The van der Waals surface area contributed by atoms with Crippen LogP contribution in [0.1, 0.15) is 37.7 Å². The molecule has 1 aromatic rings. The van der Waals surface area contributed by atoms with Crippen LogP contribution in [0.25, 0.3) is 0 Å². The third-order valence-electron chi connectivity index (χ3n) is 5.89. The van der Waals surface area contributed by atoms with Gasteiger partial charge in [-0.15, -0.1) is 0 Å². The highest BCUT2D eigenvalue weighted by Gasteiger charge is 2.37. The molecule has 2 heterocycles. The number of nitrogens with zero attached hydrogens (tertiary/aromatic N) is 3. The molecule has 0 N–H and O–H groups in total. The van der Waals surface area contributed by atoms with E-state index in [0.29, 0.717) is 19.6 Å². The van der Waals surface area contributed by atoms with Crippen LogP contribution in [-0.4, -0.2) is 61.6 Å². The van der Waals surface area contributed by atoms with Crippen molar-refractivity contribution in [2.75, 3.05) is 33.7 Å². The average molecular weight is 394 g/mol. The number of hydrogen-bond donors (Lipinski definition) is 0. The molecule has 27 heavy (non-hydrogen) atoms. The van der Waals surface area contributed by atoms with E-state index in [9.17, 15) is 13.2 Å². The summed E-state index contributed by atoms with van der Waals surface area (Å²) in [6, 6.07) is 10.1. The monoisotopic (exact) mass is 393 g/mol. The van der Waals surface area contributed by atoms with Crippen LogP contribution in [0.4, 0.5) is 0 Å². The number of amides is 1. The molecule has 2 aliphatic heterocycles. The van der Waals surface area contributed by atoms with E-state index in [1.165, 1.54) is 9.87 Å². The number of carbonyl (C=O) groups is 1. The Kier molecular flexibility index (Phi) is 6.55. The Morgan fingerprint density at radius 2 is 1.67 bits per heavy atom. The van der Waals surface area contributed by atoms with Crippen molar-refractivity contribution in [3.8, 4) is 0 Å². The van der Waals surface area contributed by atoms with Gasteiger partial charge in [0.25, 0.3) is 10.2 Å². The Labute approximate surface area is 163 Å². The van der Waals surface area contributed by atoms with Gasteiger partial charge in [0.05, 0.1) is 0 Å². The number of benzene rings is 1. The third-order valence-corrected chi connectivity index (χ3v) is 7.83. The van der Waals surface area contributed by atoms with Crippen LogP contribution in [-0.2, 0) is 21.5 Å². The molecule has 0 spiro atoms. The highest BCUT2D eigenvalue weighted by Crippen LogP contribution is 2.33. The minimum absolute atomic E-state index is 0.0282. The smallest absolute Gasteiger partial charge is 0.281 e. The summed E-state index contributed by atoms with van der Waals surface area (Å²) in [5.41, 5.74) is 1.17. The molecule has 0 saturated carbocycles. The van der Waals surface area contributed by atoms with E-state index in [4.69, 9.17) is 0 Å². The first-order valence-corrected chi connectivity index (χ1v) is 11.3. The number of hydrogen-bond acceptors (Lipinski definition) is 3. The minimum atomic E-state index is -3.35. The van der Waals surface area contributed by atoms with Crippen molar-refractivity contribution < 1.29 is 13.2 Å². The zero-order valence-corrected chi connectivity index (χ0v) is 17.2. The Bertz CT molecular complexity index is 728. The normalized spacial score (nSPS) is 23.6. The van der Waals surface area contributed by atoms with E-state index in [0.717, 1.165) is 38.6 Å². The molecular formula is C20H31N3O3S. The molecule has 6 nitrogen and oxygen atoms in total. The second kappa shape index (κ2) is 8.71. The largest absolute Gasteiger partial charge is 0.338 e. The highest BCUT2D eigenvalue weighted by atomic mass is 32.2. The first kappa shape index (κ1) is 20.3. The predicted molar refractivity (Wildman–Crippen MR) is 106 cm³/mol. The summed E-state index contributed by atoms with van der Waals surface area (Å²) < 4.78 is 27.5. The van der Waals surface area contributed by atoms with Gasteiger partial charge in [-0.1, -0.05) is 36.8 Å². The molecule has 3 rings (SSSR count). The van der Waals surface area contributed by atoms with Gasteiger partial charge in [-0.25, -0.2) is 0 Å². The van der Waals surface area contributed by atoms with E-state index in [1.54, 1.807) is 18.4 Å². The van der Waals surface area contributed by atoms with Crippen LogP contribution in [0.2, 0.25) is 0 Å². The lowest BCUT2D eigenvalue weighted by Crippen LogP contribution is -2.47. The maximum absolute atomic E-state index is 13.2. The summed E-state index contributed by atoms with van der Waals surface area (Å²) in [5.74, 6) is 0.563. The Balaban J connectivity index is 1.65. The third kappa shape index (κ3) is 4.70. The lowest BCUT2D eigenvalue weighted by Gasteiger charge is -2.36. The van der Waals surface area contributed by atoms with Crippen molar-refractivity contribution in [2.24, 2.45) is 11.8 Å². The lowest BCUT2D eigenvalue weighted by atomic mass is 9.81. The van der Waals surface area contributed by atoms with Crippen LogP contribution >= 0.6 is 0 Å². The van der Waals surface area contributed by atoms with Crippen molar-refractivity contribution >= 4 is 16.1 Å². The molecule has 0 radical (unpaired) electrons. The van der Waals surface area contributed by atoms with Crippen molar-refractivity contribution in [1.82, 2.24) is 13.5 Å². The molecular weight excluding hydrogens is 362 g/mol. The molecule has 1 unspecified atom stereocenters. The van der Waals surface area contributed by atoms with Gasteiger partial charge in [0, 0.05) is 46.2 Å². The predicted octanol–water partition coefficient (Wildman–Crippen LogP) is 2.33. The Hall–Kier alpha value is -1.44. The van der Waals surface area contributed by atoms with Crippen molar-refractivity contribution in [2.45, 2.75) is 38.6 Å². The zero-order chi connectivity index (χ0) is 19.4. The molecule has 0 aromatic heterocycles. The van der Waals surface area contributed by atoms with Crippen molar-refractivity contribution in [3.63, 3.8) is 0 Å². The second-order valence-corrected chi connectivity index (χ2v) is 10.0. The molecule has 1 amide bonds. The number of carbonyl (C=O) groups excluding carboxylic acids is 1. The molecule has 7 heteroatoms. The van der Waals surface area contributed by atoms with Gasteiger partial charge in [-0.05, 0) is 37.2 Å².